The second-order valence-electron chi connectivity index (χ2n) is 6.69. The van der Waals surface area contributed by atoms with E-state index in [1.165, 1.54) is 12.8 Å². The summed E-state index contributed by atoms with van der Waals surface area (Å²) in [6, 6.07) is 0. The Morgan fingerprint density at radius 2 is 0.625 bits per heavy atom. The maximum atomic E-state index is 5.64. The molecule has 0 bridgehead atoms. The second kappa shape index (κ2) is 31.7. The summed E-state index contributed by atoms with van der Waals surface area (Å²) < 4.78 is 44.4. The number of unbranched alkanes of at least 4 members (excludes halogenated alkanes) is 3. The molecule has 10 heteroatoms. The van der Waals surface area contributed by atoms with Crippen LogP contribution in [-0.2, 0) is 37.9 Å². The van der Waals surface area contributed by atoms with Gasteiger partial charge in [-0.15, -0.1) is 11.6 Å². The molecule has 0 spiro atoms. The quantitative estimate of drug-likeness (QED) is 0.0738. The smallest absolute Gasteiger partial charge is 0.0701 e. The van der Waals surface area contributed by atoms with Crippen LogP contribution in [0.25, 0.3) is 0 Å². The lowest BCUT2D eigenvalue weighted by molar-refractivity contribution is -0.0228. The molecule has 0 heterocycles. The Kier molecular flexibility index (Phi) is 32.4. The zero-order valence-electron chi connectivity index (χ0n) is 19.6. The molecule has 0 rings (SSSR count). The summed E-state index contributed by atoms with van der Waals surface area (Å²) in [4.78, 5) is 0. The highest BCUT2D eigenvalue weighted by atomic mass is 127. The number of rotatable bonds is 29. The molecular weight excluding hydrogens is 555 g/mol. The number of halogens is 2. The van der Waals surface area contributed by atoms with Gasteiger partial charge < -0.3 is 37.9 Å². The first kappa shape index (κ1) is 32.7. The Bertz CT molecular complexity index is 302. The van der Waals surface area contributed by atoms with Crippen LogP contribution < -0.4 is 0 Å². The van der Waals surface area contributed by atoms with Gasteiger partial charge in [0.25, 0.3) is 0 Å². The summed E-state index contributed by atoms with van der Waals surface area (Å²) in [6.45, 7) is 9.60. The van der Waals surface area contributed by atoms with Crippen LogP contribution in [0.2, 0.25) is 0 Å². The first-order valence-electron chi connectivity index (χ1n) is 11.7. The fraction of sp³-hybridized carbons (Fsp3) is 1.00. The van der Waals surface area contributed by atoms with Gasteiger partial charge in [-0.25, -0.2) is 0 Å². The molecule has 0 atom stereocenters. The van der Waals surface area contributed by atoms with Crippen molar-refractivity contribution in [1.82, 2.24) is 0 Å². The summed E-state index contributed by atoms with van der Waals surface area (Å²) in [5.41, 5.74) is 0. The zero-order chi connectivity index (χ0) is 23.2. The molecule has 0 radical (unpaired) electrons. The van der Waals surface area contributed by atoms with E-state index in [4.69, 9.17) is 49.5 Å². The number of ether oxygens (including phenoxy) is 8. The Labute approximate surface area is 213 Å². The standard InChI is InChI=1S/C22H44ClIO8/c23-5-3-1-2-4-7-25-9-11-27-13-15-29-17-19-31-21-22-32-20-18-30-16-14-28-12-10-26-8-6-24/h1-22H2. The van der Waals surface area contributed by atoms with E-state index in [2.05, 4.69) is 22.6 Å². The van der Waals surface area contributed by atoms with Gasteiger partial charge in [0.2, 0.25) is 0 Å². The molecule has 0 aromatic carbocycles. The maximum absolute atomic E-state index is 5.64. The van der Waals surface area contributed by atoms with Gasteiger partial charge in [-0.3, -0.25) is 0 Å². The van der Waals surface area contributed by atoms with Gasteiger partial charge in [0, 0.05) is 16.9 Å². The summed E-state index contributed by atoms with van der Waals surface area (Å²) >= 11 is 7.92. The van der Waals surface area contributed by atoms with E-state index >= 15 is 0 Å². The van der Waals surface area contributed by atoms with Crippen molar-refractivity contribution < 1.29 is 37.9 Å². The van der Waals surface area contributed by atoms with Gasteiger partial charge in [0.1, 0.15) is 0 Å². The molecular formula is C22H44ClIO8. The Hall–Kier alpha value is 0.700. The van der Waals surface area contributed by atoms with Gasteiger partial charge in [-0.2, -0.15) is 0 Å². The minimum Gasteiger partial charge on any atom is -0.379 e. The Morgan fingerprint density at radius 3 is 0.938 bits per heavy atom. The normalized spacial score (nSPS) is 11.4. The molecule has 0 fully saturated rings. The van der Waals surface area contributed by atoms with Crippen LogP contribution in [-0.4, -0.2) is 116 Å². The van der Waals surface area contributed by atoms with Gasteiger partial charge >= 0.3 is 0 Å². The molecule has 0 unspecified atom stereocenters. The van der Waals surface area contributed by atoms with Crippen molar-refractivity contribution in [2.75, 3.05) is 116 Å². The van der Waals surface area contributed by atoms with Crippen molar-refractivity contribution in [1.29, 1.82) is 0 Å². The van der Waals surface area contributed by atoms with Gasteiger partial charge in [-0.05, 0) is 12.8 Å². The Morgan fingerprint density at radius 1 is 0.344 bits per heavy atom. The van der Waals surface area contributed by atoms with Crippen LogP contribution in [0, 0.1) is 0 Å². The average Bonchev–Trinajstić information content (AvgIpc) is 2.81. The summed E-state index contributed by atoms with van der Waals surface area (Å²) in [7, 11) is 0. The molecule has 0 aromatic rings. The second-order valence-corrected chi connectivity index (χ2v) is 8.15. The van der Waals surface area contributed by atoms with Crippen LogP contribution >= 0.6 is 34.2 Å². The molecule has 32 heavy (non-hydrogen) atoms. The molecule has 8 nitrogen and oxygen atoms in total. The average molecular weight is 599 g/mol. The van der Waals surface area contributed by atoms with Crippen molar-refractivity contribution in [2.45, 2.75) is 25.7 Å². The highest BCUT2D eigenvalue weighted by molar-refractivity contribution is 14.1. The molecule has 0 aliphatic carbocycles. The predicted molar refractivity (Wildman–Crippen MR) is 135 cm³/mol. The van der Waals surface area contributed by atoms with Crippen LogP contribution in [0.1, 0.15) is 25.7 Å². The van der Waals surface area contributed by atoms with E-state index in [0.29, 0.717) is 92.5 Å². The Balaban J connectivity index is 2.98. The molecule has 0 aliphatic heterocycles. The highest BCUT2D eigenvalue weighted by Crippen LogP contribution is 2.01. The summed E-state index contributed by atoms with van der Waals surface area (Å²) in [5, 5.41) is 0. The summed E-state index contributed by atoms with van der Waals surface area (Å²) in [6.07, 6.45) is 4.53. The third-order valence-electron chi connectivity index (χ3n) is 4.00. The molecule has 0 aromatic heterocycles. The van der Waals surface area contributed by atoms with E-state index < -0.39 is 0 Å². The molecule has 194 valence electrons. The number of alkyl halides is 2. The predicted octanol–water partition coefficient (Wildman–Crippen LogP) is 3.35. The fourth-order valence-corrected chi connectivity index (χ4v) is 2.85. The van der Waals surface area contributed by atoms with Crippen molar-refractivity contribution in [3.63, 3.8) is 0 Å². The number of hydrogen-bond acceptors (Lipinski definition) is 8. The van der Waals surface area contributed by atoms with Crippen molar-refractivity contribution in [2.24, 2.45) is 0 Å². The third kappa shape index (κ3) is 30.7. The number of hydrogen-bond donors (Lipinski definition) is 0. The fourth-order valence-electron chi connectivity index (χ4n) is 2.35. The lowest BCUT2D eigenvalue weighted by atomic mass is 10.2. The molecule has 0 N–H and O–H groups in total. The van der Waals surface area contributed by atoms with E-state index in [1.54, 1.807) is 0 Å². The van der Waals surface area contributed by atoms with Crippen molar-refractivity contribution in [3.8, 4) is 0 Å². The van der Waals surface area contributed by atoms with Crippen molar-refractivity contribution in [3.05, 3.63) is 0 Å². The third-order valence-corrected chi connectivity index (χ3v) is 4.71. The minimum atomic E-state index is 0.545. The molecule has 0 saturated heterocycles. The monoisotopic (exact) mass is 598 g/mol. The van der Waals surface area contributed by atoms with Crippen molar-refractivity contribution >= 4 is 34.2 Å². The molecule has 0 amide bonds. The van der Waals surface area contributed by atoms with Crippen LogP contribution in [0.15, 0.2) is 0 Å². The minimum absolute atomic E-state index is 0.545. The van der Waals surface area contributed by atoms with Gasteiger partial charge in [0.15, 0.2) is 0 Å². The maximum Gasteiger partial charge on any atom is 0.0701 e. The first-order valence-corrected chi connectivity index (χ1v) is 13.7. The lowest BCUT2D eigenvalue weighted by Gasteiger charge is -2.08. The van der Waals surface area contributed by atoms with Gasteiger partial charge in [-0.1, -0.05) is 35.4 Å². The summed E-state index contributed by atoms with van der Waals surface area (Å²) in [5.74, 6) is 0.751. The molecule has 0 saturated carbocycles. The van der Waals surface area contributed by atoms with Crippen LogP contribution in [0.5, 0.6) is 0 Å². The first-order chi connectivity index (χ1) is 15.9. The zero-order valence-corrected chi connectivity index (χ0v) is 22.5. The van der Waals surface area contributed by atoms with E-state index in [-0.39, 0.29) is 0 Å². The van der Waals surface area contributed by atoms with Gasteiger partial charge in [0.05, 0.1) is 99.1 Å². The largest absolute Gasteiger partial charge is 0.379 e. The molecule has 0 aliphatic rings. The topological polar surface area (TPSA) is 73.8 Å². The lowest BCUT2D eigenvalue weighted by Crippen LogP contribution is -2.15. The van der Waals surface area contributed by atoms with Crippen LogP contribution in [0.4, 0.5) is 0 Å². The van der Waals surface area contributed by atoms with E-state index in [0.717, 1.165) is 36.4 Å². The highest BCUT2D eigenvalue weighted by Gasteiger charge is 1.95. The van der Waals surface area contributed by atoms with E-state index in [1.807, 2.05) is 0 Å². The van der Waals surface area contributed by atoms with E-state index in [9.17, 15) is 0 Å². The van der Waals surface area contributed by atoms with Crippen LogP contribution in [0.3, 0.4) is 0 Å². The SMILES string of the molecule is ClCCCCCCOCCOCCOCCOCCOCCOCCOCCOCCI.